The van der Waals surface area contributed by atoms with Crippen molar-refractivity contribution in [1.82, 2.24) is 0 Å². The summed E-state index contributed by atoms with van der Waals surface area (Å²) >= 11 is 0. The Morgan fingerprint density at radius 1 is 0.857 bits per heavy atom. The van der Waals surface area contributed by atoms with Crippen LogP contribution in [-0.4, -0.2) is 71.7 Å². The topological polar surface area (TPSA) is 216 Å². The Morgan fingerprint density at radius 2 is 1.29 bits per heavy atom. The fourth-order valence-electron chi connectivity index (χ4n) is 0.414. The molecule has 3 N–H and O–H groups in total. The number of rotatable bonds is 7. The Labute approximate surface area is 121 Å². The van der Waals surface area contributed by atoms with E-state index in [9.17, 15) is 33.7 Å². The minimum atomic E-state index is -4.62. The van der Waals surface area contributed by atoms with Crippen LogP contribution in [0.1, 0.15) is 0 Å². The molecule has 0 atom stereocenters. The molecule has 0 unspecified atom stereocenters. The van der Waals surface area contributed by atoms with E-state index in [1.54, 1.807) is 0 Å². The molecule has 0 aromatic heterocycles. The molecule has 0 saturated heterocycles. The Morgan fingerprint density at radius 3 is 1.57 bits per heavy atom. The van der Waals surface area contributed by atoms with Crippen molar-refractivity contribution in [3.8, 4) is 0 Å². The van der Waals surface area contributed by atoms with Crippen LogP contribution in [0.2, 0.25) is 0 Å². The Hall–Kier alpha value is -0.660. The van der Waals surface area contributed by atoms with Gasteiger partial charge in [-0.25, -0.2) is 8.37 Å². The molecule has 0 aliphatic heterocycles. The van der Waals surface area contributed by atoms with E-state index in [0.29, 0.717) is 5.37 Å². The van der Waals surface area contributed by atoms with Crippen LogP contribution in [0.15, 0.2) is 0 Å². The minimum absolute atomic E-state index is 0.549. The summed E-state index contributed by atoms with van der Waals surface area (Å²) in [7, 11) is -15.9. The molecule has 0 aliphatic rings. The monoisotopic (exact) mass is 394 g/mol. The fraction of sp³-hybridized carbons (Fsp3) is 0.750. The van der Waals surface area contributed by atoms with E-state index in [-0.39, 0.29) is 0 Å². The van der Waals surface area contributed by atoms with Gasteiger partial charge in [-0.15, -0.1) is 0 Å². The molecule has 0 heterocycles. The van der Waals surface area contributed by atoms with E-state index in [4.69, 9.17) is 13.7 Å². The molecular weight excluding hydrogens is 384 g/mol. The highest BCUT2D eigenvalue weighted by Gasteiger charge is 2.09. The van der Waals surface area contributed by atoms with Gasteiger partial charge in [0.05, 0.1) is 12.0 Å². The van der Waals surface area contributed by atoms with E-state index < -0.39 is 60.2 Å². The first-order valence-corrected chi connectivity index (χ1v) is 9.70. The van der Waals surface area contributed by atoms with Crippen molar-refractivity contribution in [3.05, 3.63) is 0 Å². The van der Waals surface area contributed by atoms with Crippen LogP contribution in [0.3, 0.4) is 0 Å². The highest BCUT2D eigenvalue weighted by Crippen LogP contribution is 1.88. The average Bonchev–Trinajstić information content (AvgIpc) is 2.10. The van der Waals surface area contributed by atoms with E-state index in [1.165, 1.54) is 0 Å². The molecule has 21 heavy (non-hydrogen) atoms. The third-order valence-electron chi connectivity index (χ3n) is 0.995. The molecule has 0 aliphatic carbocycles. The first-order valence-electron chi connectivity index (χ1n) is 4.22. The van der Waals surface area contributed by atoms with Crippen LogP contribution < -0.4 is 0 Å². The Kier molecular flexibility index (Phi) is 10.1. The molecule has 0 spiro atoms. The summed E-state index contributed by atoms with van der Waals surface area (Å²) in [5.74, 6) is -0.882. The van der Waals surface area contributed by atoms with Crippen LogP contribution in [-0.2, 0) is 49.6 Å². The first kappa shape index (κ1) is 22.6. The van der Waals surface area contributed by atoms with Crippen molar-refractivity contribution in [2.45, 2.75) is 0 Å². The Bertz CT molecular complexity index is 695. The van der Waals surface area contributed by atoms with Gasteiger partial charge in [0.25, 0.3) is 10.1 Å². The van der Waals surface area contributed by atoms with Crippen molar-refractivity contribution < 1.29 is 55.7 Å². The van der Waals surface area contributed by atoms with Crippen molar-refractivity contribution in [3.63, 3.8) is 0 Å². The molecule has 13 nitrogen and oxygen atoms in total. The summed E-state index contributed by atoms with van der Waals surface area (Å²) < 4.78 is 109. The second-order valence-corrected chi connectivity index (χ2v) is 7.28. The maximum Gasteiger partial charge on any atom is 0.397 e. The van der Waals surface area contributed by atoms with E-state index in [1.807, 2.05) is 0 Å². The van der Waals surface area contributed by atoms with Crippen LogP contribution in [0, 0.1) is 0 Å². The third kappa shape index (κ3) is 28.3. The highest BCUT2D eigenvalue weighted by atomic mass is 32.3. The largest absolute Gasteiger partial charge is 0.397 e. The molecule has 0 aromatic rings. The lowest BCUT2D eigenvalue weighted by Crippen LogP contribution is -2.14. The smallest absolute Gasteiger partial charge is 0.285 e. The third-order valence-corrected chi connectivity index (χ3v) is 2.98. The van der Waals surface area contributed by atoms with Crippen LogP contribution in [0.4, 0.5) is 0 Å². The summed E-state index contributed by atoms with van der Waals surface area (Å²) in [6, 6.07) is 0. The summed E-state index contributed by atoms with van der Waals surface area (Å²) in [6.45, 7) is -1.49. The molecule has 0 fully saturated rings. The van der Waals surface area contributed by atoms with Gasteiger partial charge >= 0.3 is 20.8 Å². The molecule has 0 aromatic carbocycles. The van der Waals surface area contributed by atoms with Gasteiger partial charge in [0.1, 0.15) is 12.4 Å². The predicted molar refractivity (Wildman–Crippen MR) is 66.4 cm³/mol. The van der Waals surface area contributed by atoms with E-state index in [0.717, 1.165) is 0 Å². The van der Waals surface area contributed by atoms with Gasteiger partial charge < -0.3 is 0 Å². The maximum absolute atomic E-state index is 9.92. The van der Waals surface area contributed by atoms with Gasteiger partial charge in [-0.3, -0.25) is 13.7 Å². The zero-order chi connectivity index (χ0) is 17.3. The summed E-state index contributed by atoms with van der Waals surface area (Å²) in [4.78, 5) is 0. The summed E-state index contributed by atoms with van der Waals surface area (Å²) in [5.41, 5.74) is 0. The lowest BCUT2D eigenvalue weighted by atomic mass is 10.9. The quantitative estimate of drug-likeness (QED) is 0.293. The van der Waals surface area contributed by atoms with Gasteiger partial charge in [0.2, 0.25) is 10.3 Å². The normalized spacial score (nSPS) is 12.1. The number of hydrogen-bond donors (Lipinski definition) is 3. The summed E-state index contributed by atoms with van der Waals surface area (Å²) in [6.07, 6.45) is 0. The van der Waals surface area contributed by atoms with Crippen LogP contribution >= 0.6 is 0 Å². The molecular formula is C4H10O13S4. The average molecular weight is 394 g/mol. The predicted octanol–water partition coefficient (Wildman–Crippen LogP) is -2.82. The SMILES string of the molecule is O=S(=O)(O)CCOS(=O)(=O)O.O=S(=O)=CCOS(=O)(=O)O. The van der Waals surface area contributed by atoms with Crippen molar-refractivity contribution >= 4 is 46.6 Å². The van der Waals surface area contributed by atoms with Gasteiger partial charge in [-0.1, -0.05) is 0 Å². The van der Waals surface area contributed by atoms with Crippen molar-refractivity contribution in [1.29, 1.82) is 0 Å². The van der Waals surface area contributed by atoms with Crippen molar-refractivity contribution in [2.24, 2.45) is 0 Å². The van der Waals surface area contributed by atoms with Crippen LogP contribution in [0.25, 0.3) is 0 Å². The zero-order valence-electron chi connectivity index (χ0n) is 9.76. The standard InChI is InChI=1S/C2H6O7S2.C2H4O6S2/c3-10(4,5)2-1-9-11(6,7)8;3-9(4)2-1-8-10(5,6)7/h1-2H2,(H,3,4,5)(H,6,7,8);2H,1H2,(H,5,6,7). The maximum atomic E-state index is 9.92. The lowest BCUT2D eigenvalue weighted by molar-refractivity contribution is 0.282. The van der Waals surface area contributed by atoms with E-state index in [2.05, 4.69) is 8.37 Å². The molecule has 0 rings (SSSR count). The fourth-order valence-corrected chi connectivity index (χ4v) is 1.61. The molecule has 0 saturated carbocycles. The first-order chi connectivity index (χ1) is 9.12. The van der Waals surface area contributed by atoms with Crippen LogP contribution in [0.5, 0.6) is 0 Å². The minimum Gasteiger partial charge on any atom is -0.285 e. The van der Waals surface area contributed by atoms with Crippen molar-refractivity contribution in [2.75, 3.05) is 19.0 Å². The molecule has 0 amide bonds. The zero-order valence-corrected chi connectivity index (χ0v) is 13.0. The second kappa shape index (κ2) is 9.38. The van der Waals surface area contributed by atoms with Gasteiger partial charge in [0, 0.05) is 0 Å². The number of hydrogen-bond acceptors (Lipinski definition) is 10. The van der Waals surface area contributed by atoms with Gasteiger partial charge in [0.15, 0.2) is 0 Å². The Balaban J connectivity index is 0. The highest BCUT2D eigenvalue weighted by molar-refractivity contribution is 7.85. The second-order valence-electron chi connectivity index (χ2n) is 2.68. The molecule has 17 heteroatoms. The lowest BCUT2D eigenvalue weighted by Gasteiger charge is -1.95. The summed E-state index contributed by atoms with van der Waals surface area (Å²) in [5, 5.41) is 0.549. The van der Waals surface area contributed by atoms with Gasteiger partial charge in [-0.05, 0) is 0 Å². The molecule has 0 bridgehead atoms. The van der Waals surface area contributed by atoms with Gasteiger partial charge in [-0.2, -0.15) is 33.7 Å². The molecule has 0 radical (unpaired) electrons. The molecule has 128 valence electrons. The van der Waals surface area contributed by atoms with E-state index >= 15 is 0 Å².